The number of benzene rings is 1. The number of para-hydroxylation sites is 1. The monoisotopic (exact) mass is 536 g/mol. The number of carbonyl (C=O) groups excluding carboxylic acids is 1. The number of halogens is 1. The van der Waals surface area contributed by atoms with Gasteiger partial charge in [-0.1, -0.05) is 18.2 Å². The van der Waals surface area contributed by atoms with E-state index in [-0.39, 0.29) is 36.4 Å². The van der Waals surface area contributed by atoms with Gasteiger partial charge in [-0.3, -0.25) is 4.79 Å². The Morgan fingerprint density at radius 1 is 1.13 bits per heavy atom. The van der Waals surface area contributed by atoms with Crippen molar-refractivity contribution >= 4 is 35.8 Å². The van der Waals surface area contributed by atoms with Crippen LogP contribution in [0, 0.1) is 13.8 Å². The van der Waals surface area contributed by atoms with Crippen LogP contribution in [0.3, 0.4) is 0 Å². The van der Waals surface area contributed by atoms with Gasteiger partial charge in [-0.25, -0.2) is 9.67 Å². The predicted molar refractivity (Wildman–Crippen MR) is 132 cm³/mol. The van der Waals surface area contributed by atoms with E-state index in [1.54, 1.807) is 12.3 Å². The van der Waals surface area contributed by atoms with E-state index in [1.165, 1.54) is 0 Å². The third-order valence-corrected chi connectivity index (χ3v) is 4.44. The molecule has 3 aromatic rings. The Morgan fingerprint density at radius 3 is 2.61 bits per heavy atom. The lowest BCUT2D eigenvalue weighted by Gasteiger charge is -2.13. The van der Waals surface area contributed by atoms with Gasteiger partial charge < -0.3 is 20.4 Å². The van der Waals surface area contributed by atoms with E-state index < -0.39 is 0 Å². The van der Waals surface area contributed by atoms with E-state index in [2.05, 4.69) is 26.0 Å². The Bertz CT molecular complexity index is 997. The maximum atomic E-state index is 12.1. The summed E-state index contributed by atoms with van der Waals surface area (Å²) in [6.45, 7) is 7.62. The van der Waals surface area contributed by atoms with Gasteiger partial charge in [0.25, 0.3) is 0 Å². The second-order valence-electron chi connectivity index (χ2n) is 6.87. The average Bonchev–Trinajstić information content (AvgIpc) is 3.37. The SMILES string of the molecule is CCNC(=NCc1ccccc1-n1nc(C)cc1C)NCC(=O)NCc1ccco1.I. The molecule has 0 aliphatic carbocycles. The summed E-state index contributed by atoms with van der Waals surface area (Å²) in [7, 11) is 0. The Hall–Kier alpha value is -2.82. The number of aromatic nitrogens is 2. The summed E-state index contributed by atoms with van der Waals surface area (Å²) in [5.41, 5.74) is 4.09. The number of amides is 1. The van der Waals surface area contributed by atoms with Crippen molar-refractivity contribution in [2.24, 2.45) is 4.99 Å². The van der Waals surface area contributed by atoms with Gasteiger partial charge in [0.15, 0.2) is 5.96 Å². The summed E-state index contributed by atoms with van der Waals surface area (Å²) in [4.78, 5) is 16.7. The molecule has 0 unspecified atom stereocenters. The van der Waals surface area contributed by atoms with E-state index in [0.29, 0.717) is 31.4 Å². The van der Waals surface area contributed by atoms with E-state index >= 15 is 0 Å². The molecule has 9 heteroatoms. The minimum atomic E-state index is -0.139. The molecule has 0 atom stereocenters. The third-order valence-electron chi connectivity index (χ3n) is 4.44. The molecule has 1 amide bonds. The lowest BCUT2D eigenvalue weighted by atomic mass is 10.2. The smallest absolute Gasteiger partial charge is 0.239 e. The molecule has 0 fully saturated rings. The molecular formula is C22H29IN6O2. The highest BCUT2D eigenvalue weighted by Crippen LogP contribution is 2.17. The maximum absolute atomic E-state index is 12.1. The molecule has 8 nitrogen and oxygen atoms in total. The summed E-state index contributed by atoms with van der Waals surface area (Å²) in [5.74, 6) is 1.15. The first-order chi connectivity index (χ1) is 14.6. The molecule has 0 saturated carbocycles. The van der Waals surface area contributed by atoms with Crippen molar-refractivity contribution in [3.05, 3.63) is 71.4 Å². The summed E-state index contributed by atoms with van der Waals surface area (Å²) in [5, 5.41) is 13.6. The fourth-order valence-electron chi connectivity index (χ4n) is 3.06. The standard InChI is InChI=1S/C22H28N6O2.HI/c1-4-23-22(26-15-21(29)24-14-19-9-7-11-30-19)25-13-18-8-5-6-10-20(18)28-17(3)12-16(2)27-28;/h5-12H,4,13-15H2,1-3H3,(H,24,29)(H2,23,25,26);1H. The Morgan fingerprint density at radius 2 is 1.94 bits per heavy atom. The number of nitrogens with one attached hydrogen (secondary N) is 3. The van der Waals surface area contributed by atoms with Gasteiger partial charge in [-0.2, -0.15) is 5.10 Å². The third kappa shape index (κ3) is 7.12. The quantitative estimate of drug-likeness (QED) is 0.234. The number of nitrogens with zero attached hydrogens (tertiary/aromatic N) is 3. The molecule has 0 saturated heterocycles. The van der Waals surface area contributed by atoms with Crippen LogP contribution < -0.4 is 16.0 Å². The highest BCUT2D eigenvalue weighted by Gasteiger charge is 2.09. The second kappa shape index (κ2) is 12.1. The van der Waals surface area contributed by atoms with Crippen LogP contribution in [0.2, 0.25) is 0 Å². The number of aliphatic imine (C=N–C) groups is 1. The zero-order valence-corrected chi connectivity index (χ0v) is 20.3. The highest BCUT2D eigenvalue weighted by molar-refractivity contribution is 14.0. The van der Waals surface area contributed by atoms with Crippen molar-refractivity contribution < 1.29 is 9.21 Å². The van der Waals surface area contributed by atoms with Gasteiger partial charge in [-0.05, 0) is 50.6 Å². The van der Waals surface area contributed by atoms with Crippen LogP contribution in [-0.4, -0.2) is 34.7 Å². The summed E-state index contributed by atoms with van der Waals surface area (Å²) in [6, 6.07) is 13.7. The van der Waals surface area contributed by atoms with Crippen molar-refractivity contribution in [2.75, 3.05) is 13.1 Å². The van der Waals surface area contributed by atoms with Gasteiger partial charge >= 0.3 is 0 Å². The Kier molecular flexibility index (Phi) is 9.57. The molecular weight excluding hydrogens is 507 g/mol. The van der Waals surface area contributed by atoms with Crippen molar-refractivity contribution in [3.63, 3.8) is 0 Å². The van der Waals surface area contributed by atoms with Crippen LogP contribution in [-0.2, 0) is 17.9 Å². The van der Waals surface area contributed by atoms with E-state index in [4.69, 9.17) is 4.42 Å². The van der Waals surface area contributed by atoms with E-state index in [1.807, 2.05) is 61.9 Å². The summed E-state index contributed by atoms with van der Waals surface area (Å²) < 4.78 is 7.15. The molecule has 0 radical (unpaired) electrons. The highest BCUT2D eigenvalue weighted by atomic mass is 127. The summed E-state index contributed by atoms with van der Waals surface area (Å²) in [6.07, 6.45) is 1.58. The molecule has 0 aliphatic rings. The summed E-state index contributed by atoms with van der Waals surface area (Å²) >= 11 is 0. The van der Waals surface area contributed by atoms with Gasteiger partial charge in [0.1, 0.15) is 5.76 Å². The van der Waals surface area contributed by atoms with Crippen molar-refractivity contribution in [2.45, 2.75) is 33.9 Å². The van der Waals surface area contributed by atoms with Crippen molar-refractivity contribution in [1.82, 2.24) is 25.7 Å². The van der Waals surface area contributed by atoms with Crippen LogP contribution >= 0.6 is 24.0 Å². The van der Waals surface area contributed by atoms with E-state index in [0.717, 1.165) is 22.6 Å². The molecule has 0 spiro atoms. The first-order valence-corrected chi connectivity index (χ1v) is 9.99. The lowest BCUT2D eigenvalue weighted by Crippen LogP contribution is -2.43. The molecule has 1 aromatic carbocycles. The molecule has 3 N–H and O–H groups in total. The number of furan rings is 1. The number of hydrogen-bond acceptors (Lipinski definition) is 4. The second-order valence-corrected chi connectivity index (χ2v) is 6.87. The fourth-order valence-corrected chi connectivity index (χ4v) is 3.06. The van der Waals surface area contributed by atoms with Crippen LogP contribution in [0.5, 0.6) is 0 Å². The molecule has 0 bridgehead atoms. The van der Waals surface area contributed by atoms with Gasteiger partial charge in [0, 0.05) is 12.2 Å². The normalized spacial score (nSPS) is 11.0. The maximum Gasteiger partial charge on any atom is 0.239 e. The number of rotatable bonds is 8. The van der Waals surface area contributed by atoms with Gasteiger partial charge in [0.2, 0.25) is 5.91 Å². The Labute approximate surface area is 199 Å². The molecule has 31 heavy (non-hydrogen) atoms. The van der Waals surface area contributed by atoms with Crippen LogP contribution in [0.25, 0.3) is 5.69 Å². The molecule has 166 valence electrons. The van der Waals surface area contributed by atoms with Gasteiger partial charge in [-0.15, -0.1) is 24.0 Å². The van der Waals surface area contributed by atoms with Crippen LogP contribution in [0.1, 0.15) is 29.6 Å². The fraction of sp³-hybridized carbons (Fsp3) is 0.318. The molecule has 2 aromatic heterocycles. The average molecular weight is 536 g/mol. The number of carbonyl (C=O) groups is 1. The van der Waals surface area contributed by atoms with Crippen LogP contribution in [0.15, 0.2) is 58.1 Å². The van der Waals surface area contributed by atoms with E-state index in [9.17, 15) is 4.79 Å². The minimum absolute atomic E-state index is 0. The number of guanidine groups is 1. The topological polar surface area (TPSA) is 96.5 Å². The molecule has 3 rings (SSSR count). The number of aryl methyl sites for hydroxylation is 2. The zero-order valence-electron chi connectivity index (χ0n) is 18.0. The van der Waals surface area contributed by atoms with Crippen LogP contribution in [0.4, 0.5) is 0 Å². The van der Waals surface area contributed by atoms with Crippen molar-refractivity contribution in [3.8, 4) is 5.69 Å². The minimum Gasteiger partial charge on any atom is -0.467 e. The predicted octanol–water partition coefficient (Wildman–Crippen LogP) is 3.07. The largest absolute Gasteiger partial charge is 0.467 e. The first-order valence-electron chi connectivity index (χ1n) is 9.99. The van der Waals surface area contributed by atoms with Crippen molar-refractivity contribution in [1.29, 1.82) is 0 Å². The Balaban J connectivity index is 0.00000341. The molecule has 0 aliphatic heterocycles. The number of hydrogen-bond donors (Lipinski definition) is 3. The zero-order chi connectivity index (χ0) is 21.3. The molecule has 2 heterocycles. The lowest BCUT2D eigenvalue weighted by molar-refractivity contribution is -0.120. The van der Waals surface area contributed by atoms with Gasteiger partial charge in [0.05, 0.1) is 37.3 Å². The first kappa shape index (κ1) is 24.4.